The van der Waals surface area contributed by atoms with E-state index in [1.165, 1.54) is 19.9 Å². The quantitative estimate of drug-likeness (QED) is 0.574. The summed E-state index contributed by atoms with van der Waals surface area (Å²) >= 11 is 3.50. The van der Waals surface area contributed by atoms with Crippen LogP contribution in [0.4, 0.5) is 5.69 Å². The van der Waals surface area contributed by atoms with Crippen molar-refractivity contribution in [3.8, 4) is 0 Å². The molecule has 68 valence electrons. The van der Waals surface area contributed by atoms with Gasteiger partial charge in [0.2, 0.25) is 0 Å². The maximum Gasteiger partial charge on any atom is 0.0466 e. The maximum absolute atomic E-state index is 5.89. The van der Waals surface area contributed by atoms with E-state index in [2.05, 4.69) is 31.4 Å². The molecule has 2 rings (SSSR count). The molecule has 2 aromatic rings. The Kier molecular flexibility index (Phi) is 2.22. The van der Waals surface area contributed by atoms with Crippen molar-refractivity contribution in [3.63, 3.8) is 0 Å². The van der Waals surface area contributed by atoms with Gasteiger partial charge in [0.1, 0.15) is 0 Å². The van der Waals surface area contributed by atoms with Crippen molar-refractivity contribution in [3.05, 3.63) is 23.1 Å². The van der Waals surface area contributed by atoms with Gasteiger partial charge in [-0.3, -0.25) is 0 Å². The molecule has 13 heavy (non-hydrogen) atoms. The lowest BCUT2D eigenvalue weighted by molar-refractivity contribution is 1.52. The summed E-state index contributed by atoms with van der Waals surface area (Å²) in [6, 6.07) is 6.44. The highest BCUT2D eigenvalue weighted by atomic mass is 32.2. The van der Waals surface area contributed by atoms with Gasteiger partial charge in [0.25, 0.3) is 0 Å². The molecular weight excluding hydrogens is 198 g/mol. The van der Waals surface area contributed by atoms with Crippen LogP contribution in [0, 0.1) is 6.92 Å². The Morgan fingerprint density at radius 1 is 1.31 bits per heavy atom. The second kappa shape index (κ2) is 3.24. The zero-order chi connectivity index (χ0) is 9.42. The Hall–Kier alpha value is -0.670. The largest absolute Gasteiger partial charge is 0.398 e. The predicted octanol–water partition coefficient (Wildman–Crippen LogP) is 3.51. The fourth-order valence-corrected chi connectivity index (χ4v) is 2.89. The molecule has 1 aromatic carbocycles. The third kappa shape index (κ3) is 1.54. The molecule has 0 fully saturated rings. The molecule has 0 spiro atoms. The molecule has 0 saturated carbocycles. The number of nitrogen functional groups attached to an aromatic ring is 1. The van der Waals surface area contributed by atoms with Crippen LogP contribution in [0.15, 0.2) is 23.1 Å². The number of benzene rings is 1. The Morgan fingerprint density at radius 3 is 2.77 bits per heavy atom. The third-order valence-electron chi connectivity index (χ3n) is 1.99. The van der Waals surface area contributed by atoms with Gasteiger partial charge >= 0.3 is 0 Å². The molecule has 0 aliphatic carbocycles. The van der Waals surface area contributed by atoms with Crippen LogP contribution in [-0.2, 0) is 0 Å². The van der Waals surface area contributed by atoms with E-state index < -0.39 is 0 Å². The van der Waals surface area contributed by atoms with Crippen molar-refractivity contribution in [1.29, 1.82) is 0 Å². The Labute approximate surface area is 85.9 Å². The monoisotopic (exact) mass is 209 g/mol. The van der Waals surface area contributed by atoms with Gasteiger partial charge in [0.05, 0.1) is 0 Å². The molecule has 1 aromatic heterocycles. The van der Waals surface area contributed by atoms with Gasteiger partial charge in [-0.05, 0) is 36.8 Å². The smallest absolute Gasteiger partial charge is 0.0466 e. The number of rotatable bonds is 1. The van der Waals surface area contributed by atoms with Crippen molar-refractivity contribution in [1.82, 2.24) is 0 Å². The molecule has 0 aliphatic heterocycles. The highest BCUT2D eigenvalue weighted by Crippen LogP contribution is 2.32. The van der Waals surface area contributed by atoms with E-state index in [4.69, 9.17) is 5.73 Å². The molecule has 0 atom stereocenters. The zero-order valence-electron chi connectivity index (χ0n) is 7.63. The minimum atomic E-state index is 0.891. The number of anilines is 1. The van der Waals surface area contributed by atoms with Gasteiger partial charge in [0.15, 0.2) is 0 Å². The van der Waals surface area contributed by atoms with Gasteiger partial charge in [0, 0.05) is 20.2 Å². The second-order valence-electron chi connectivity index (χ2n) is 2.99. The van der Waals surface area contributed by atoms with Gasteiger partial charge < -0.3 is 5.73 Å². The fraction of sp³-hybridized carbons (Fsp3) is 0.200. The topological polar surface area (TPSA) is 26.0 Å². The lowest BCUT2D eigenvalue weighted by Gasteiger charge is -2.01. The standard InChI is InChI=1S/C10H11NS2/c1-6-3-7-4-10(12-2)8(11)5-9(7)13-6/h3-5H,11H2,1-2H3. The lowest BCUT2D eigenvalue weighted by atomic mass is 10.2. The molecule has 1 nitrogen and oxygen atoms in total. The SMILES string of the molecule is CSc1cc2cc(C)sc2cc1N. The van der Waals surface area contributed by atoms with Crippen LogP contribution >= 0.6 is 23.1 Å². The van der Waals surface area contributed by atoms with Crippen LogP contribution in [0.5, 0.6) is 0 Å². The molecule has 2 N–H and O–H groups in total. The lowest BCUT2D eigenvalue weighted by Crippen LogP contribution is -1.86. The number of thiophene rings is 1. The fourth-order valence-electron chi connectivity index (χ4n) is 1.39. The van der Waals surface area contributed by atoms with Gasteiger partial charge in [-0.1, -0.05) is 0 Å². The van der Waals surface area contributed by atoms with Crippen molar-refractivity contribution in [2.75, 3.05) is 12.0 Å². The van der Waals surface area contributed by atoms with Crippen LogP contribution in [0.2, 0.25) is 0 Å². The minimum Gasteiger partial charge on any atom is -0.398 e. The molecule has 3 heteroatoms. The van der Waals surface area contributed by atoms with Gasteiger partial charge in [-0.15, -0.1) is 23.1 Å². The molecule has 0 amide bonds. The number of fused-ring (bicyclic) bond motifs is 1. The number of hydrogen-bond donors (Lipinski definition) is 1. The van der Waals surface area contributed by atoms with E-state index in [-0.39, 0.29) is 0 Å². The summed E-state index contributed by atoms with van der Waals surface area (Å²) in [4.78, 5) is 2.51. The predicted molar refractivity (Wildman–Crippen MR) is 62.8 cm³/mol. The van der Waals surface area contributed by atoms with Crippen molar-refractivity contribution in [2.45, 2.75) is 11.8 Å². The normalized spacial score (nSPS) is 10.9. The molecule has 0 radical (unpaired) electrons. The molecule has 0 aliphatic rings. The van der Waals surface area contributed by atoms with Crippen LogP contribution in [0.1, 0.15) is 4.88 Å². The highest BCUT2D eigenvalue weighted by molar-refractivity contribution is 7.98. The average molecular weight is 209 g/mol. The summed E-state index contributed by atoms with van der Waals surface area (Å²) < 4.78 is 1.28. The first-order chi connectivity index (χ1) is 6.20. The maximum atomic E-state index is 5.89. The van der Waals surface area contributed by atoms with Crippen LogP contribution in [0.25, 0.3) is 10.1 Å². The minimum absolute atomic E-state index is 0.891. The first-order valence-electron chi connectivity index (χ1n) is 4.04. The number of thioether (sulfide) groups is 1. The first-order valence-corrected chi connectivity index (χ1v) is 6.08. The van der Waals surface area contributed by atoms with Crippen molar-refractivity contribution >= 4 is 38.9 Å². The first kappa shape index (κ1) is 8.91. The second-order valence-corrected chi connectivity index (χ2v) is 5.13. The van der Waals surface area contributed by atoms with Crippen molar-refractivity contribution < 1.29 is 0 Å². The highest BCUT2D eigenvalue weighted by Gasteiger charge is 2.03. The Morgan fingerprint density at radius 2 is 2.08 bits per heavy atom. The summed E-state index contributed by atoms with van der Waals surface area (Å²) in [7, 11) is 0. The van der Waals surface area contributed by atoms with E-state index in [9.17, 15) is 0 Å². The van der Waals surface area contributed by atoms with E-state index in [1.54, 1.807) is 23.1 Å². The Bertz CT molecular complexity index is 445. The van der Waals surface area contributed by atoms with Crippen LogP contribution in [-0.4, -0.2) is 6.26 Å². The molecule has 0 unspecified atom stereocenters. The molecule has 0 saturated heterocycles. The zero-order valence-corrected chi connectivity index (χ0v) is 9.26. The summed E-state index contributed by atoms with van der Waals surface area (Å²) in [6.45, 7) is 2.12. The van der Waals surface area contributed by atoms with E-state index in [0.717, 1.165) is 5.69 Å². The average Bonchev–Trinajstić information content (AvgIpc) is 2.42. The summed E-state index contributed by atoms with van der Waals surface area (Å²) in [5, 5.41) is 1.31. The molecule has 0 bridgehead atoms. The number of hydrogen-bond acceptors (Lipinski definition) is 3. The van der Waals surface area contributed by atoms with Gasteiger partial charge in [-0.2, -0.15) is 0 Å². The molecule has 1 heterocycles. The van der Waals surface area contributed by atoms with Crippen LogP contribution in [0.3, 0.4) is 0 Å². The summed E-state index contributed by atoms with van der Waals surface area (Å²) in [5.74, 6) is 0. The number of nitrogens with two attached hydrogens (primary N) is 1. The van der Waals surface area contributed by atoms with Gasteiger partial charge in [-0.25, -0.2) is 0 Å². The third-order valence-corrected chi connectivity index (χ3v) is 3.80. The van der Waals surface area contributed by atoms with Crippen LogP contribution < -0.4 is 5.73 Å². The Balaban J connectivity index is 2.72. The summed E-state index contributed by atoms with van der Waals surface area (Å²) in [5.41, 5.74) is 6.78. The number of aryl methyl sites for hydroxylation is 1. The summed E-state index contributed by atoms with van der Waals surface area (Å²) in [6.07, 6.45) is 2.05. The van der Waals surface area contributed by atoms with E-state index in [1.807, 2.05) is 0 Å². The van der Waals surface area contributed by atoms with E-state index >= 15 is 0 Å². The molecular formula is C10H11NS2. The van der Waals surface area contributed by atoms with E-state index in [0.29, 0.717) is 0 Å². The van der Waals surface area contributed by atoms with Crippen molar-refractivity contribution in [2.24, 2.45) is 0 Å².